The minimum Gasteiger partial charge on any atom is -0.506 e. The fraction of sp³-hybridized carbons (Fsp3) is 0.143. The van der Waals surface area contributed by atoms with Crippen molar-refractivity contribution >= 4 is 34.5 Å². The van der Waals surface area contributed by atoms with Crippen LogP contribution in [0.5, 0.6) is 0 Å². The van der Waals surface area contributed by atoms with Gasteiger partial charge in [-0.2, -0.15) is 13.2 Å². The van der Waals surface area contributed by atoms with Crippen molar-refractivity contribution in [2.24, 2.45) is 4.99 Å². The summed E-state index contributed by atoms with van der Waals surface area (Å²) in [5.74, 6) is -1.11. The van der Waals surface area contributed by atoms with Crippen molar-refractivity contribution in [3.8, 4) is 0 Å². The first-order chi connectivity index (χ1) is 13.8. The second kappa shape index (κ2) is 8.57. The Morgan fingerprint density at radius 2 is 1.90 bits per heavy atom. The van der Waals surface area contributed by atoms with Gasteiger partial charge >= 0.3 is 12.1 Å². The normalized spacial score (nSPS) is 17.2. The first-order valence-corrected chi connectivity index (χ1v) is 9.43. The van der Waals surface area contributed by atoms with E-state index in [4.69, 9.17) is 4.74 Å². The molecule has 0 aromatic heterocycles. The van der Waals surface area contributed by atoms with E-state index in [-0.39, 0.29) is 28.7 Å². The molecule has 0 unspecified atom stereocenters. The number of nitrogens with zero attached hydrogens (tertiary/aromatic N) is 1. The molecule has 0 spiro atoms. The number of rotatable bonds is 4. The van der Waals surface area contributed by atoms with E-state index in [2.05, 4.69) is 4.99 Å². The third-order valence-corrected chi connectivity index (χ3v) is 4.89. The number of carbonyl (C=O) groups excluding carboxylic acids is 1. The molecule has 0 aliphatic carbocycles. The highest BCUT2D eigenvalue weighted by atomic mass is 32.2. The van der Waals surface area contributed by atoms with Gasteiger partial charge in [0.25, 0.3) is 0 Å². The van der Waals surface area contributed by atoms with Crippen molar-refractivity contribution in [1.29, 1.82) is 0 Å². The predicted molar refractivity (Wildman–Crippen MR) is 107 cm³/mol. The SMILES string of the molecule is CCOC(=O)C1=C(O)C(=Cc2ccccc2)SC1=Nc1cccc(C(F)(F)F)c1. The zero-order chi connectivity index (χ0) is 21.0. The first kappa shape index (κ1) is 20.7. The van der Waals surface area contributed by atoms with Gasteiger partial charge in [0.05, 0.1) is 22.8 Å². The molecule has 1 heterocycles. The van der Waals surface area contributed by atoms with Gasteiger partial charge in [-0.3, -0.25) is 0 Å². The van der Waals surface area contributed by atoms with Crippen molar-refractivity contribution in [2.75, 3.05) is 6.61 Å². The number of thioether (sulfide) groups is 1. The summed E-state index contributed by atoms with van der Waals surface area (Å²) in [6, 6.07) is 13.5. The van der Waals surface area contributed by atoms with Crippen LogP contribution >= 0.6 is 11.8 Å². The van der Waals surface area contributed by atoms with Gasteiger partial charge in [-0.15, -0.1) is 0 Å². The molecule has 0 atom stereocenters. The van der Waals surface area contributed by atoms with Crippen LogP contribution in [-0.4, -0.2) is 22.7 Å². The standard InChI is InChI=1S/C21H16F3NO3S/c1-2-28-20(27)17-18(26)16(11-13-7-4-3-5-8-13)29-19(17)25-15-10-6-9-14(12-15)21(22,23)24/h3-12,26H,2H2,1H3. The third kappa shape index (κ3) is 4.89. The lowest BCUT2D eigenvalue weighted by atomic mass is 10.1. The molecular weight excluding hydrogens is 403 g/mol. The fourth-order valence-corrected chi connectivity index (χ4v) is 3.60. The molecule has 0 bridgehead atoms. The molecule has 150 valence electrons. The minimum absolute atomic E-state index is 0.0119. The molecule has 1 N–H and O–H groups in total. The van der Waals surface area contributed by atoms with E-state index in [1.807, 2.05) is 30.3 Å². The molecular formula is C21H16F3NO3S. The van der Waals surface area contributed by atoms with Crippen LogP contribution in [0.1, 0.15) is 18.1 Å². The molecule has 0 fully saturated rings. The van der Waals surface area contributed by atoms with Gasteiger partial charge in [-0.25, -0.2) is 9.79 Å². The van der Waals surface area contributed by atoms with Gasteiger partial charge in [-0.05, 0) is 36.8 Å². The lowest BCUT2D eigenvalue weighted by Crippen LogP contribution is -2.13. The van der Waals surface area contributed by atoms with Gasteiger partial charge in [0.2, 0.25) is 0 Å². The molecule has 0 saturated heterocycles. The monoisotopic (exact) mass is 419 g/mol. The Kier molecular flexibility index (Phi) is 6.12. The van der Waals surface area contributed by atoms with E-state index in [1.54, 1.807) is 13.0 Å². The van der Waals surface area contributed by atoms with Crippen molar-refractivity contribution in [3.63, 3.8) is 0 Å². The van der Waals surface area contributed by atoms with Gasteiger partial charge in [0.15, 0.2) is 0 Å². The number of hydrogen-bond acceptors (Lipinski definition) is 5. The second-order valence-corrected chi connectivity index (χ2v) is 6.96. The zero-order valence-electron chi connectivity index (χ0n) is 15.2. The number of halogens is 3. The van der Waals surface area contributed by atoms with E-state index in [9.17, 15) is 23.1 Å². The van der Waals surface area contributed by atoms with E-state index >= 15 is 0 Å². The average molecular weight is 419 g/mol. The summed E-state index contributed by atoms with van der Waals surface area (Å²) in [4.78, 5) is 16.9. The third-order valence-electron chi connectivity index (χ3n) is 3.87. The highest BCUT2D eigenvalue weighted by Gasteiger charge is 2.34. The van der Waals surface area contributed by atoms with Gasteiger partial charge in [0.1, 0.15) is 16.4 Å². The molecule has 1 aliphatic rings. The number of aliphatic imine (C=N–C) groups is 1. The van der Waals surface area contributed by atoms with Crippen molar-refractivity contribution in [1.82, 2.24) is 0 Å². The molecule has 2 aromatic carbocycles. The van der Waals surface area contributed by atoms with Crippen molar-refractivity contribution < 1.29 is 27.8 Å². The van der Waals surface area contributed by atoms with Crippen LogP contribution in [-0.2, 0) is 15.7 Å². The van der Waals surface area contributed by atoms with Crippen LogP contribution in [0.25, 0.3) is 6.08 Å². The molecule has 0 saturated carbocycles. The predicted octanol–water partition coefficient (Wildman–Crippen LogP) is 5.90. The lowest BCUT2D eigenvalue weighted by Gasteiger charge is -2.07. The average Bonchev–Trinajstić information content (AvgIpc) is 2.97. The van der Waals surface area contributed by atoms with Crippen molar-refractivity contribution in [3.05, 3.63) is 82.0 Å². The lowest BCUT2D eigenvalue weighted by molar-refractivity contribution is -0.138. The summed E-state index contributed by atoms with van der Waals surface area (Å²) in [6.45, 7) is 1.69. The summed E-state index contributed by atoms with van der Waals surface area (Å²) in [5.41, 5.74) is -0.229. The number of hydrogen-bond donors (Lipinski definition) is 1. The van der Waals surface area contributed by atoms with E-state index in [1.165, 1.54) is 12.1 Å². The number of aliphatic hydroxyl groups excluding tert-OH is 1. The molecule has 8 heteroatoms. The second-order valence-electron chi connectivity index (χ2n) is 5.93. The van der Waals surface area contributed by atoms with Crippen LogP contribution < -0.4 is 0 Å². The Hall–Kier alpha value is -3.00. The first-order valence-electron chi connectivity index (χ1n) is 8.61. The zero-order valence-corrected chi connectivity index (χ0v) is 16.1. The maximum atomic E-state index is 13.0. The molecule has 4 nitrogen and oxygen atoms in total. The largest absolute Gasteiger partial charge is 0.506 e. The highest BCUT2D eigenvalue weighted by Crippen LogP contribution is 2.40. The minimum atomic E-state index is -4.51. The number of ether oxygens (including phenoxy) is 1. The summed E-state index contributed by atoms with van der Waals surface area (Å²) in [5, 5.41) is 10.6. The fourth-order valence-electron chi connectivity index (χ4n) is 2.56. The summed E-state index contributed by atoms with van der Waals surface area (Å²) >= 11 is 0.989. The quantitative estimate of drug-likeness (QED) is 0.627. The topological polar surface area (TPSA) is 58.9 Å². The number of alkyl halides is 3. The number of carbonyl (C=O) groups is 1. The smallest absolute Gasteiger partial charge is 0.416 e. The maximum Gasteiger partial charge on any atom is 0.416 e. The molecule has 2 aromatic rings. The Balaban J connectivity index is 2.05. The summed E-state index contributed by atoms with van der Waals surface area (Å²) < 4.78 is 43.9. The maximum absolute atomic E-state index is 13.0. The highest BCUT2D eigenvalue weighted by molar-refractivity contribution is 8.18. The van der Waals surface area contributed by atoms with E-state index < -0.39 is 17.7 Å². The van der Waals surface area contributed by atoms with Crippen LogP contribution in [0, 0.1) is 0 Å². The van der Waals surface area contributed by atoms with E-state index in [0.717, 1.165) is 29.5 Å². The van der Waals surface area contributed by atoms with Gasteiger partial charge in [-0.1, -0.05) is 48.2 Å². The Morgan fingerprint density at radius 1 is 1.17 bits per heavy atom. The van der Waals surface area contributed by atoms with Crippen LogP contribution in [0.3, 0.4) is 0 Å². The molecule has 29 heavy (non-hydrogen) atoms. The van der Waals surface area contributed by atoms with Crippen LogP contribution in [0.15, 0.2) is 75.8 Å². The van der Waals surface area contributed by atoms with Crippen LogP contribution in [0.2, 0.25) is 0 Å². The van der Waals surface area contributed by atoms with Gasteiger partial charge in [0, 0.05) is 0 Å². The summed E-state index contributed by atoms with van der Waals surface area (Å²) in [6.07, 6.45) is -2.85. The molecule has 3 rings (SSSR count). The van der Waals surface area contributed by atoms with Gasteiger partial charge < -0.3 is 9.84 Å². The van der Waals surface area contributed by atoms with Crippen molar-refractivity contribution in [2.45, 2.75) is 13.1 Å². The Bertz CT molecular complexity index is 1010. The molecule has 0 radical (unpaired) electrons. The molecule has 1 aliphatic heterocycles. The Morgan fingerprint density at radius 3 is 2.55 bits per heavy atom. The van der Waals surface area contributed by atoms with E-state index in [0.29, 0.717) is 4.91 Å². The number of benzene rings is 2. The number of esters is 1. The summed E-state index contributed by atoms with van der Waals surface area (Å²) in [7, 11) is 0. The number of aliphatic hydroxyl groups is 1. The Labute approximate surface area is 169 Å². The van der Waals surface area contributed by atoms with Crippen LogP contribution in [0.4, 0.5) is 18.9 Å². The molecule has 0 amide bonds.